The number of nitrogens with zero attached hydrogens (tertiary/aromatic N) is 3. The number of halogens is 2. The minimum Gasteiger partial charge on any atom is -0.506 e. The average Bonchev–Trinajstić information content (AvgIpc) is 3.24. The van der Waals surface area contributed by atoms with Crippen LogP contribution < -0.4 is 4.80 Å². The molecule has 1 N–H and O–H groups in total. The van der Waals surface area contributed by atoms with E-state index in [2.05, 4.69) is 48.5 Å². The molecule has 0 atom stereocenters. The molecule has 4 nitrogen and oxygen atoms in total. The van der Waals surface area contributed by atoms with Crippen LogP contribution in [-0.4, -0.2) is 22.5 Å². The lowest BCUT2D eigenvalue weighted by molar-refractivity contribution is 0.471. The van der Waals surface area contributed by atoms with Gasteiger partial charge in [-0.25, -0.2) is 4.68 Å². The summed E-state index contributed by atoms with van der Waals surface area (Å²) in [6.45, 7) is 4.23. The lowest BCUT2D eigenvalue weighted by atomic mass is 10.2. The van der Waals surface area contributed by atoms with Crippen molar-refractivity contribution in [2.75, 3.05) is 6.54 Å². The highest BCUT2D eigenvalue weighted by Crippen LogP contribution is 2.31. The summed E-state index contributed by atoms with van der Waals surface area (Å²) in [5, 5.41) is 18.8. The van der Waals surface area contributed by atoms with Crippen molar-refractivity contribution in [3.63, 3.8) is 0 Å². The maximum absolute atomic E-state index is 10.2. The molecule has 0 saturated carbocycles. The molecule has 0 fully saturated rings. The molecule has 0 radical (unpaired) electrons. The zero-order valence-electron chi connectivity index (χ0n) is 12.9. The molecule has 0 aliphatic rings. The molecular weight excluding hydrogens is 486 g/mol. The van der Waals surface area contributed by atoms with Gasteiger partial charge in [0, 0.05) is 15.4 Å². The van der Waals surface area contributed by atoms with Crippen LogP contribution in [0.2, 0.25) is 0 Å². The zero-order valence-corrected chi connectivity index (χ0v) is 17.7. The van der Waals surface area contributed by atoms with E-state index in [0.717, 1.165) is 19.8 Å². The Morgan fingerprint density at radius 1 is 1.28 bits per heavy atom. The van der Waals surface area contributed by atoms with Gasteiger partial charge < -0.3 is 5.11 Å². The van der Waals surface area contributed by atoms with E-state index in [1.165, 1.54) is 11.3 Å². The first-order valence-corrected chi connectivity index (χ1v) is 10.5. The maximum atomic E-state index is 10.2. The maximum Gasteiger partial charge on any atom is 0.206 e. The molecule has 0 unspecified atom stereocenters. The SMILES string of the molecule is C=CCN=c1scc(-c2cccs2)n1N=Cc1cc(Br)cc(Br)c1O. The number of hydrogen-bond acceptors (Lipinski definition) is 5. The molecular formula is C17H13Br2N3OS2. The Bertz CT molecular complexity index is 988. The van der Waals surface area contributed by atoms with Gasteiger partial charge in [0.25, 0.3) is 0 Å². The van der Waals surface area contributed by atoms with Crippen LogP contribution in [-0.2, 0) is 0 Å². The molecule has 8 heteroatoms. The van der Waals surface area contributed by atoms with Crippen molar-refractivity contribution in [2.45, 2.75) is 0 Å². The van der Waals surface area contributed by atoms with Crippen LogP contribution in [0.5, 0.6) is 5.75 Å². The summed E-state index contributed by atoms with van der Waals surface area (Å²) >= 11 is 9.92. The molecule has 0 aliphatic carbocycles. The van der Waals surface area contributed by atoms with Crippen molar-refractivity contribution in [2.24, 2.45) is 10.1 Å². The number of hydrogen-bond donors (Lipinski definition) is 1. The highest BCUT2D eigenvalue weighted by atomic mass is 79.9. The minimum absolute atomic E-state index is 0.144. The first-order valence-electron chi connectivity index (χ1n) is 7.18. The lowest BCUT2D eigenvalue weighted by Gasteiger charge is -2.04. The summed E-state index contributed by atoms with van der Waals surface area (Å²) < 4.78 is 3.24. The lowest BCUT2D eigenvalue weighted by Crippen LogP contribution is -2.12. The monoisotopic (exact) mass is 497 g/mol. The summed E-state index contributed by atoms with van der Waals surface area (Å²) in [4.78, 5) is 6.37. The van der Waals surface area contributed by atoms with E-state index in [1.807, 2.05) is 29.0 Å². The van der Waals surface area contributed by atoms with Gasteiger partial charge in [-0.3, -0.25) is 4.99 Å². The molecule has 0 aliphatic heterocycles. The van der Waals surface area contributed by atoms with E-state index in [-0.39, 0.29) is 5.75 Å². The van der Waals surface area contributed by atoms with E-state index < -0.39 is 0 Å². The van der Waals surface area contributed by atoms with Gasteiger partial charge in [-0.2, -0.15) is 5.10 Å². The molecule has 0 spiro atoms. The summed E-state index contributed by atoms with van der Waals surface area (Å²) in [6.07, 6.45) is 3.37. The number of phenols is 1. The zero-order chi connectivity index (χ0) is 17.8. The molecule has 1 aromatic carbocycles. The number of thiazole rings is 1. The van der Waals surface area contributed by atoms with Crippen molar-refractivity contribution in [1.82, 2.24) is 4.68 Å². The molecule has 0 saturated heterocycles. The van der Waals surface area contributed by atoms with Gasteiger partial charge in [-0.1, -0.05) is 28.1 Å². The summed E-state index contributed by atoms with van der Waals surface area (Å²) in [5.41, 5.74) is 1.57. The number of thiophene rings is 1. The normalized spacial score (nSPS) is 12.2. The fraction of sp³-hybridized carbons (Fsp3) is 0.0588. The van der Waals surface area contributed by atoms with Crippen molar-refractivity contribution in [1.29, 1.82) is 0 Å². The van der Waals surface area contributed by atoms with Gasteiger partial charge in [-0.05, 0) is 39.5 Å². The highest BCUT2D eigenvalue weighted by Gasteiger charge is 2.09. The quantitative estimate of drug-likeness (QED) is 0.367. The van der Waals surface area contributed by atoms with E-state index in [0.29, 0.717) is 16.6 Å². The van der Waals surface area contributed by atoms with E-state index in [1.54, 1.807) is 34.4 Å². The molecule has 2 heterocycles. The van der Waals surface area contributed by atoms with Gasteiger partial charge in [0.15, 0.2) is 0 Å². The predicted octanol–water partition coefficient (Wildman–Crippen LogP) is 5.48. The van der Waals surface area contributed by atoms with Crippen LogP contribution in [0.25, 0.3) is 10.6 Å². The van der Waals surface area contributed by atoms with E-state index in [9.17, 15) is 5.11 Å². The second-order valence-corrected chi connectivity index (χ2v) is 8.45. The van der Waals surface area contributed by atoms with Crippen LogP contribution in [0.3, 0.4) is 0 Å². The van der Waals surface area contributed by atoms with Crippen LogP contribution in [0, 0.1) is 0 Å². The number of rotatable bonds is 5. The predicted molar refractivity (Wildman–Crippen MR) is 113 cm³/mol. The standard InChI is InChI=1S/C17H13Br2N3OS2/c1-2-5-20-17-22(14(10-25-17)15-4-3-6-24-15)21-9-11-7-12(18)8-13(19)16(11)23/h2-4,6-10,23H,1,5H2. The first-order chi connectivity index (χ1) is 12.1. The third kappa shape index (κ3) is 4.20. The van der Waals surface area contributed by atoms with E-state index >= 15 is 0 Å². The van der Waals surface area contributed by atoms with Gasteiger partial charge in [0.05, 0.1) is 27.8 Å². The third-order valence-corrected chi connectivity index (χ3v) is 5.99. The second kappa shape index (κ2) is 8.27. The number of phenolic OH excluding ortho intramolecular Hbond substituents is 1. The van der Waals surface area contributed by atoms with Crippen molar-refractivity contribution >= 4 is 60.7 Å². The van der Waals surface area contributed by atoms with Crippen molar-refractivity contribution in [3.8, 4) is 16.3 Å². The fourth-order valence-electron chi connectivity index (χ4n) is 2.06. The van der Waals surface area contributed by atoms with Crippen molar-refractivity contribution in [3.05, 3.63) is 67.0 Å². The van der Waals surface area contributed by atoms with Crippen molar-refractivity contribution < 1.29 is 5.11 Å². The van der Waals surface area contributed by atoms with Crippen LogP contribution in [0.1, 0.15) is 5.56 Å². The Labute approximate surface area is 169 Å². The largest absolute Gasteiger partial charge is 0.506 e. The second-order valence-electron chi connectivity index (χ2n) is 4.89. The smallest absolute Gasteiger partial charge is 0.206 e. The number of aromatic nitrogens is 1. The fourth-order valence-corrected chi connectivity index (χ4v) is 4.96. The average molecular weight is 499 g/mol. The van der Waals surface area contributed by atoms with Crippen LogP contribution in [0.15, 0.2) is 66.7 Å². The Kier molecular flexibility index (Phi) is 6.06. The summed E-state index contributed by atoms with van der Waals surface area (Å²) in [6, 6.07) is 7.64. The Morgan fingerprint density at radius 3 is 2.84 bits per heavy atom. The molecule has 2 aromatic heterocycles. The van der Waals surface area contributed by atoms with E-state index in [4.69, 9.17) is 0 Å². The highest BCUT2D eigenvalue weighted by molar-refractivity contribution is 9.11. The minimum atomic E-state index is 0.144. The van der Waals surface area contributed by atoms with Gasteiger partial charge in [-0.15, -0.1) is 29.3 Å². The molecule has 0 amide bonds. The van der Waals surface area contributed by atoms with Crippen LogP contribution >= 0.6 is 54.5 Å². The topological polar surface area (TPSA) is 49.9 Å². The Hall–Kier alpha value is -1.48. The molecule has 128 valence electrons. The van der Waals surface area contributed by atoms with Gasteiger partial charge >= 0.3 is 0 Å². The summed E-state index contributed by atoms with van der Waals surface area (Å²) in [5.74, 6) is 0.144. The third-order valence-electron chi connectivity index (χ3n) is 3.18. The number of benzene rings is 1. The Balaban J connectivity index is 2.10. The number of aromatic hydroxyl groups is 1. The first kappa shape index (κ1) is 18.3. The van der Waals surface area contributed by atoms with Crippen LogP contribution in [0.4, 0.5) is 0 Å². The Morgan fingerprint density at radius 2 is 2.12 bits per heavy atom. The molecule has 0 bridgehead atoms. The van der Waals surface area contributed by atoms with Gasteiger partial charge in [0.1, 0.15) is 5.75 Å². The molecule has 3 aromatic rings. The van der Waals surface area contributed by atoms with Gasteiger partial charge in [0.2, 0.25) is 4.80 Å². The molecule has 3 rings (SSSR count). The molecule has 25 heavy (non-hydrogen) atoms. The summed E-state index contributed by atoms with van der Waals surface area (Å²) in [7, 11) is 0.